The molecule has 0 bridgehead atoms. The third-order valence-corrected chi connectivity index (χ3v) is 6.74. The van der Waals surface area contributed by atoms with Crippen molar-refractivity contribution in [2.75, 3.05) is 25.0 Å². The topological polar surface area (TPSA) is 97.7 Å². The van der Waals surface area contributed by atoms with E-state index in [4.69, 9.17) is 4.74 Å². The van der Waals surface area contributed by atoms with Crippen molar-refractivity contribution < 1.29 is 22.7 Å². The average molecular weight is 420 g/mol. The van der Waals surface area contributed by atoms with Crippen molar-refractivity contribution in [1.29, 1.82) is 0 Å². The maximum atomic E-state index is 12.8. The number of ether oxygens (including phenoxy) is 1. The second-order valence-electron chi connectivity index (χ2n) is 6.97. The number of benzene rings is 1. The highest BCUT2D eigenvalue weighted by atomic mass is 32.2. The number of sulfonamides is 1. The van der Waals surface area contributed by atoms with Crippen LogP contribution in [-0.2, 0) is 26.6 Å². The van der Waals surface area contributed by atoms with Gasteiger partial charge in [-0.3, -0.25) is 4.79 Å². The summed E-state index contributed by atoms with van der Waals surface area (Å²) >= 11 is 0. The summed E-state index contributed by atoms with van der Waals surface area (Å²) in [5, 5.41) is 2.59. The number of carbonyl (C=O) groups excluding carboxylic acids is 2. The fourth-order valence-electron chi connectivity index (χ4n) is 3.22. The number of anilines is 1. The summed E-state index contributed by atoms with van der Waals surface area (Å²) in [7, 11) is -1.83. The molecule has 3 rings (SSSR count). The number of hydrogen-bond acceptors (Lipinski definition) is 5. The standard InChI is InChI=1S/C20H25N3O5S/c1-22-12-6-7-18(22)20(25)28-15-19(24)21-16-8-10-17(11-9-16)29(26,27)23-13-4-2-3-5-14-23/h6-12H,2-5,13-15H2,1H3,(H,21,24). The van der Waals surface area contributed by atoms with Crippen LogP contribution in [0.4, 0.5) is 5.69 Å². The third kappa shape index (κ3) is 5.24. The quantitative estimate of drug-likeness (QED) is 0.725. The molecule has 0 spiro atoms. The lowest BCUT2D eigenvalue weighted by molar-refractivity contribution is -0.119. The molecule has 0 unspecified atom stereocenters. The molecule has 0 radical (unpaired) electrons. The van der Waals surface area contributed by atoms with Crippen LogP contribution in [0, 0.1) is 0 Å². The third-order valence-electron chi connectivity index (χ3n) is 4.83. The molecule has 0 aliphatic carbocycles. The Morgan fingerprint density at radius 2 is 1.69 bits per heavy atom. The molecule has 1 saturated heterocycles. The first kappa shape index (κ1) is 21.1. The van der Waals surface area contributed by atoms with Gasteiger partial charge >= 0.3 is 5.97 Å². The van der Waals surface area contributed by atoms with Gasteiger partial charge in [-0.2, -0.15) is 4.31 Å². The molecule has 8 nitrogen and oxygen atoms in total. The van der Waals surface area contributed by atoms with Crippen LogP contribution >= 0.6 is 0 Å². The Kier molecular flexibility index (Phi) is 6.71. The second kappa shape index (κ2) is 9.23. The first-order valence-electron chi connectivity index (χ1n) is 9.56. The minimum Gasteiger partial charge on any atom is -0.451 e. The number of esters is 1. The first-order valence-corrected chi connectivity index (χ1v) is 11.0. The smallest absolute Gasteiger partial charge is 0.355 e. The second-order valence-corrected chi connectivity index (χ2v) is 8.91. The van der Waals surface area contributed by atoms with Crippen molar-refractivity contribution in [2.24, 2.45) is 7.05 Å². The molecule has 1 aromatic carbocycles. The minimum absolute atomic E-state index is 0.201. The van der Waals surface area contributed by atoms with E-state index in [2.05, 4.69) is 5.32 Å². The molecular weight excluding hydrogens is 394 g/mol. The molecule has 9 heteroatoms. The van der Waals surface area contributed by atoms with E-state index >= 15 is 0 Å². The van der Waals surface area contributed by atoms with E-state index in [1.165, 1.54) is 28.6 Å². The Balaban J connectivity index is 1.56. The first-order chi connectivity index (χ1) is 13.9. The van der Waals surface area contributed by atoms with Crippen molar-refractivity contribution in [2.45, 2.75) is 30.6 Å². The van der Waals surface area contributed by atoms with Gasteiger partial charge in [0.05, 0.1) is 4.90 Å². The zero-order valence-corrected chi connectivity index (χ0v) is 17.2. The average Bonchev–Trinajstić information content (AvgIpc) is 2.95. The molecule has 1 aromatic heterocycles. The Labute approximate surface area is 170 Å². The largest absolute Gasteiger partial charge is 0.451 e. The number of nitrogens with one attached hydrogen (secondary N) is 1. The number of aryl methyl sites for hydroxylation is 1. The maximum absolute atomic E-state index is 12.8. The number of hydrogen-bond donors (Lipinski definition) is 1. The van der Waals surface area contributed by atoms with Gasteiger partial charge in [0.2, 0.25) is 10.0 Å². The van der Waals surface area contributed by atoms with E-state index in [9.17, 15) is 18.0 Å². The summed E-state index contributed by atoms with van der Waals surface area (Å²) in [5.74, 6) is -1.10. The lowest BCUT2D eigenvalue weighted by atomic mass is 10.2. The fraction of sp³-hybridized carbons (Fsp3) is 0.400. The van der Waals surface area contributed by atoms with Crippen molar-refractivity contribution in [1.82, 2.24) is 8.87 Å². The normalized spacial score (nSPS) is 15.5. The summed E-state index contributed by atoms with van der Waals surface area (Å²) in [6, 6.07) is 9.32. The SMILES string of the molecule is Cn1cccc1C(=O)OCC(=O)Nc1ccc(S(=O)(=O)N2CCCCCC2)cc1. The predicted octanol–water partition coefficient (Wildman–Crippen LogP) is 2.39. The van der Waals surface area contributed by atoms with Crippen LogP contribution in [0.5, 0.6) is 0 Å². The Morgan fingerprint density at radius 3 is 2.28 bits per heavy atom. The van der Waals surface area contributed by atoms with E-state index in [-0.39, 0.29) is 4.90 Å². The molecule has 1 fully saturated rings. The highest BCUT2D eigenvalue weighted by Crippen LogP contribution is 2.21. The maximum Gasteiger partial charge on any atom is 0.355 e. The van der Waals surface area contributed by atoms with Gasteiger partial charge in [-0.15, -0.1) is 0 Å². The van der Waals surface area contributed by atoms with Gasteiger partial charge in [-0.05, 0) is 49.2 Å². The molecule has 156 valence electrons. The molecule has 1 amide bonds. The zero-order valence-electron chi connectivity index (χ0n) is 16.3. The highest BCUT2D eigenvalue weighted by molar-refractivity contribution is 7.89. The van der Waals surface area contributed by atoms with Crippen molar-refractivity contribution >= 4 is 27.6 Å². The van der Waals surface area contributed by atoms with Crippen molar-refractivity contribution in [3.8, 4) is 0 Å². The Hall–Kier alpha value is -2.65. The van der Waals surface area contributed by atoms with Crippen molar-refractivity contribution in [3.05, 3.63) is 48.3 Å². The Bertz CT molecular complexity index is 958. The number of nitrogens with zero attached hydrogens (tertiary/aromatic N) is 2. The van der Waals surface area contributed by atoms with Crippen LogP contribution < -0.4 is 5.32 Å². The van der Waals surface area contributed by atoms with Crippen LogP contribution in [0.25, 0.3) is 0 Å². The van der Waals surface area contributed by atoms with Crippen LogP contribution in [0.3, 0.4) is 0 Å². The molecular formula is C20H25N3O5S. The summed E-state index contributed by atoms with van der Waals surface area (Å²) in [4.78, 5) is 24.1. The van der Waals surface area contributed by atoms with Crippen molar-refractivity contribution in [3.63, 3.8) is 0 Å². The van der Waals surface area contributed by atoms with Gasteiger partial charge in [-0.25, -0.2) is 13.2 Å². The van der Waals surface area contributed by atoms with E-state index in [0.717, 1.165) is 25.7 Å². The number of aromatic nitrogens is 1. The van der Waals surface area contributed by atoms with E-state index in [0.29, 0.717) is 24.5 Å². The summed E-state index contributed by atoms with van der Waals surface area (Å²) < 4.78 is 33.7. The van der Waals surface area contributed by atoms with Gasteiger partial charge in [0.1, 0.15) is 5.69 Å². The Morgan fingerprint density at radius 1 is 1.03 bits per heavy atom. The number of amides is 1. The lowest BCUT2D eigenvalue weighted by Gasteiger charge is -2.20. The van der Waals surface area contributed by atoms with Crippen LogP contribution in [0.2, 0.25) is 0 Å². The minimum atomic E-state index is -3.53. The molecule has 0 saturated carbocycles. The monoisotopic (exact) mass is 419 g/mol. The van der Waals surface area contributed by atoms with E-state index < -0.39 is 28.5 Å². The van der Waals surface area contributed by atoms with E-state index in [1.54, 1.807) is 29.9 Å². The van der Waals surface area contributed by atoms with Gasteiger partial charge in [-0.1, -0.05) is 12.8 Å². The molecule has 29 heavy (non-hydrogen) atoms. The molecule has 1 N–H and O–H groups in total. The van der Waals surface area contributed by atoms with Crippen LogP contribution in [-0.4, -0.2) is 48.9 Å². The number of rotatable bonds is 6. The molecule has 2 heterocycles. The van der Waals surface area contributed by atoms with Crippen LogP contribution in [0.1, 0.15) is 36.2 Å². The summed E-state index contributed by atoms with van der Waals surface area (Å²) in [6.45, 7) is 0.637. The highest BCUT2D eigenvalue weighted by Gasteiger charge is 2.25. The van der Waals surface area contributed by atoms with Gasteiger partial charge in [0.15, 0.2) is 6.61 Å². The molecule has 1 aliphatic rings. The van der Waals surface area contributed by atoms with Gasteiger partial charge in [0.25, 0.3) is 5.91 Å². The van der Waals surface area contributed by atoms with Gasteiger partial charge in [0, 0.05) is 32.0 Å². The summed E-state index contributed by atoms with van der Waals surface area (Å²) in [5.41, 5.74) is 0.778. The number of carbonyl (C=O) groups is 2. The lowest BCUT2D eigenvalue weighted by Crippen LogP contribution is -2.31. The van der Waals surface area contributed by atoms with Crippen LogP contribution in [0.15, 0.2) is 47.5 Å². The molecule has 2 aromatic rings. The van der Waals surface area contributed by atoms with E-state index in [1.807, 2.05) is 0 Å². The fourth-order valence-corrected chi connectivity index (χ4v) is 4.73. The molecule has 1 aliphatic heterocycles. The van der Waals surface area contributed by atoms with Gasteiger partial charge < -0.3 is 14.6 Å². The zero-order chi connectivity index (χ0) is 20.9. The predicted molar refractivity (Wildman–Crippen MR) is 108 cm³/mol. The molecule has 0 atom stereocenters. The summed E-state index contributed by atoms with van der Waals surface area (Å²) in [6.07, 6.45) is 5.54.